The van der Waals surface area contributed by atoms with Gasteiger partial charge in [0.1, 0.15) is 17.9 Å². The minimum Gasteiger partial charge on any atom is -0.489 e. The maximum Gasteiger partial charge on any atom is 0.290 e. The molecule has 0 bridgehead atoms. The van der Waals surface area contributed by atoms with Gasteiger partial charge in [0.15, 0.2) is 5.76 Å². The van der Waals surface area contributed by atoms with E-state index in [0.29, 0.717) is 31.0 Å². The van der Waals surface area contributed by atoms with Crippen LogP contribution in [0.5, 0.6) is 5.75 Å². The lowest BCUT2D eigenvalue weighted by Gasteiger charge is -2.34. The highest BCUT2D eigenvalue weighted by atomic mass is 35.5. The Labute approximate surface area is 197 Å². The zero-order valence-corrected chi connectivity index (χ0v) is 19.2. The molecule has 0 saturated carbocycles. The van der Waals surface area contributed by atoms with Crippen LogP contribution in [0.15, 0.2) is 75.8 Å². The van der Waals surface area contributed by atoms with E-state index in [9.17, 15) is 4.79 Å². The Balaban J connectivity index is 0.00000245. The average molecular weight is 469 g/mol. The van der Waals surface area contributed by atoms with Gasteiger partial charge in [-0.15, -0.1) is 12.4 Å². The van der Waals surface area contributed by atoms with Gasteiger partial charge in [0.25, 0.3) is 5.91 Å². The molecule has 0 spiro atoms. The van der Waals surface area contributed by atoms with Crippen LogP contribution in [0.4, 0.5) is 0 Å². The Bertz CT molecular complexity index is 1150. The third-order valence-electron chi connectivity index (χ3n) is 5.66. The third-order valence-corrected chi connectivity index (χ3v) is 6.40. The van der Waals surface area contributed by atoms with Crippen molar-refractivity contribution in [1.82, 2.24) is 9.80 Å². The summed E-state index contributed by atoms with van der Waals surface area (Å²) in [5, 5.41) is 5.22. The number of nitrogens with zero attached hydrogens (tertiary/aromatic N) is 2. The Hall–Kier alpha value is -2.80. The van der Waals surface area contributed by atoms with Crippen LogP contribution in [0.3, 0.4) is 0 Å². The van der Waals surface area contributed by atoms with E-state index in [0.717, 1.165) is 36.3 Å². The van der Waals surface area contributed by atoms with Crippen molar-refractivity contribution >= 4 is 40.6 Å². The molecule has 166 valence electrons. The summed E-state index contributed by atoms with van der Waals surface area (Å²) in [6.07, 6.45) is 0. The molecule has 2 aromatic carbocycles. The van der Waals surface area contributed by atoms with Gasteiger partial charge in [-0.05, 0) is 40.6 Å². The van der Waals surface area contributed by atoms with Crippen molar-refractivity contribution in [3.05, 3.63) is 88.3 Å². The summed E-state index contributed by atoms with van der Waals surface area (Å²) in [4.78, 5) is 17.7. The average Bonchev–Trinajstić information content (AvgIpc) is 3.46. The lowest BCUT2D eigenvalue weighted by Crippen LogP contribution is -2.48. The smallest absolute Gasteiger partial charge is 0.290 e. The molecule has 32 heavy (non-hydrogen) atoms. The molecule has 0 radical (unpaired) electrons. The summed E-state index contributed by atoms with van der Waals surface area (Å²) in [6, 6.07) is 19.6. The van der Waals surface area contributed by atoms with Gasteiger partial charge in [0.05, 0.1) is 0 Å². The summed E-state index contributed by atoms with van der Waals surface area (Å²) < 4.78 is 12.0. The number of hydrogen-bond acceptors (Lipinski definition) is 5. The molecule has 0 unspecified atom stereocenters. The molecule has 7 heteroatoms. The van der Waals surface area contributed by atoms with Crippen molar-refractivity contribution in [2.75, 3.05) is 26.2 Å². The molecule has 0 aliphatic carbocycles. The molecule has 1 aliphatic rings. The number of hydrogen-bond donors (Lipinski definition) is 0. The fourth-order valence-corrected chi connectivity index (χ4v) is 4.64. The van der Waals surface area contributed by atoms with Crippen molar-refractivity contribution in [3.8, 4) is 5.75 Å². The number of para-hydroxylation sites is 2. The SMILES string of the molecule is Cl.O=C(c1oc2ccccc2c1COc1ccccc1)N1CCN(Cc2ccsc2)CC1. The van der Waals surface area contributed by atoms with E-state index < -0.39 is 0 Å². The van der Waals surface area contributed by atoms with Crippen LogP contribution in [0.1, 0.15) is 21.7 Å². The van der Waals surface area contributed by atoms with E-state index in [4.69, 9.17) is 9.15 Å². The number of benzene rings is 2. The molecular weight excluding hydrogens is 444 g/mol. The van der Waals surface area contributed by atoms with Gasteiger partial charge >= 0.3 is 0 Å². The number of rotatable bonds is 6. The Morgan fingerprint density at radius 2 is 1.72 bits per heavy atom. The number of carbonyl (C=O) groups excluding carboxylic acids is 1. The third kappa shape index (κ3) is 4.83. The highest BCUT2D eigenvalue weighted by Crippen LogP contribution is 2.28. The predicted molar refractivity (Wildman–Crippen MR) is 130 cm³/mol. The minimum atomic E-state index is -0.0574. The first kappa shape index (κ1) is 22.4. The van der Waals surface area contributed by atoms with Crippen molar-refractivity contribution in [2.24, 2.45) is 0 Å². The van der Waals surface area contributed by atoms with Crippen molar-refractivity contribution in [3.63, 3.8) is 0 Å². The van der Waals surface area contributed by atoms with Crippen LogP contribution in [0.2, 0.25) is 0 Å². The second-order valence-corrected chi connectivity index (χ2v) is 8.49. The Kier molecular flexibility index (Phi) is 7.15. The molecule has 0 atom stereocenters. The molecule has 5 rings (SSSR count). The van der Waals surface area contributed by atoms with Gasteiger partial charge < -0.3 is 14.1 Å². The number of furan rings is 1. The largest absolute Gasteiger partial charge is 0.489 e. The molecule has 1 aliphatic heterocycles. The Morgan fingerprint density at radius 3 is 2.47 bits per heavy atom. The highest BCUT2D eigenvalue weighted by Gasteiger charge is 2.28. The number of halogens is 1. The summed E-state index contributed by atoms with van der Waals surface area (Å²) in [7, 11) is 0. The lowest BCUT2D eigenvalue weighted by atomic mass is 10.1. The quantitative estimate of drug-likeness (QED) is 0.377. The van der Waals surface area contributed by atoms with Crippen LogP contribution in [0.25, 0.3) is 11.0 Å². The maximum absolute atomic E-state index is 13.4. The fraction of sp³-hybridized carbons (Fsp3) is 0.240. The summed E-state index contributed by atoms with van der Waals surface area (Å²) in [5.74, 6) is 1.11. The van der Waals surface area contributed by atoms with Gasteiger partial charge in [0, 0.05) is 43.7 Å². The summed E-state index contributed by atoms with van der Waals surface area (Å²) in [5.41, 5.74) is 2.86. The molecular formula is C25H25ClN2O3S. The molecule has 0 N–H and O–H groups in total. The first-order valence-corrected chi connectivity index (χ1v) is 11.4. The standard InChI is InChI=1S/C25H24N2O3S.ClH/c28-25(27-13-11-26(12-14-27)16-19-10-15-31-18-19)24-22(17-29-20-6-2-1-3-7-20)21-8-4-5-9-23(21)30-24;/h1-10,15,18H,11-14,16-17H2;1H. The van der Waals surface area contributed by atoms with Gasteiger partial charge in [0.2, 0.25) is 0 Å². The first-order chi connectivity index (χ1) is 15.3. The second-order valence-electron chi connectivity index (χ2n) is 7.71. The zero-order valence-electron chi connectivity index (χ0n) is 17.6. The molecule has 5 nitrogen and oxygen atoms in total. The molecule has 4 aromatic rings. The van der Waals surface area contributed by atoms with Gasteiger partial charge in [-0.2, -0.15) is 11.3 Å². The molecule has 1 saturated heterocycles. The highest BCUT2D eigenvalue weighted by molar-refractivity contribution is 7.07. The van der Waals surface area contributed by atoms with Gasteiger partial charge in [-0.1, -0.05) is 36.4 Å². The van der Waals surface area contributed by atoms with Crippen molar-refractivity contribution in [1.29, 1.82) is 0 Å². The normalized spacial score (nSPS) is 14.3. The Morgan fingerprint density at radius 1 is 0.969 bits per heavy atom. The molecule has 1 amide bonds. The number of amides is 1. The number of fused-ring (bicyclic) bond motifs is 1. The van der Waals surface area contributed by atoms with Crippen LogP contribution in [0, 0.1) is 0 Å². The van der Waals surface area contributed by atoms with Crippen molar-refractivity contribution < 1.29 is 13.9 Å². The van der Waals surface area contributed by atoms with E-state index in [2.05, 4.69) is 21.7 Å². The molecule has 2 aromatic heterocycles. The van der Waals surface area contributed by atoms with E-state index in [1.807, 2.05) is 59.5 Å². The molecule has 3 heterocycles. The van der Waals surface area contributed by atoms with Crippen molar-refractivity contribution in [2.45, 2.75) is 13.2 Å². The summed E-state index contributed by atoms with van der Waals surface area (Å²) >= 11 is 1.72. The van der Waals surface area contributed by atoms with E-state index in [1.54, 1.807) is 11.3 Å². The van der Waals surface area contributed by atoms with E-state index in [1.165, 1.54) is 5.56 Å². The number of thiophene rings is 1. The first-order valence-electron chi connectivity index (χ1n) is 10.5. The number of piperazine rings is 1. The minimum absolute atomic E-state index is 0. The van der Waals surface area contributed by atoms with E-state index >= 15 is 0 Å². The van der Waals surface area contributed by atoms with Crippen LogP contribution in [-0.2, 0) is 13.2 Å². The monoisotopic (exact) mass is 468 g/mol. The summed E-state index contributed by atoms with van der Waals surface area (Å²) in [6.45, 7) is 4.33. The predicted octanol–water partition coefficient (Wildman–Crippen LogP) is 5.45. The molecule has 1 fully saturated rings. The maximum atomic E-state index is 13.4. The second kappa shape index (κ2) is 10.2. The van der Waals surface area contributed by atoms with Crippen LogP contribution >= 0.6 is 23.7 Å². The lowest BCUT2D eigenvalue weighted by molar-refractivity contribution is 0.0597. The zero-order chi connectivity index (χ0) is 21.0. The van der Waals surface area contributed by atoms with Crippen LogP contribution in [-0.4, -0.2) is 41.9 Å². The number of carbonyl (C=O) groups is 1. The van der Waals surface area contributed by atoms with Gasteiger partial charge in [-0.3, -0.25) is 9.69 Å². The fourth-order valence-electron chi connectivity index (χ4n) is 3.98. The van der Waals surface area contributed by atoms with Crippen LogP contribution < -0.4 is 4.74 Å². The van der Waals surface area contributed by atoms with E-state index in [-0.39, 0.29) is 18.3 Å². The van der Waals surface area contributed by atoms with Gasteiger partial charge in [-0.25, -0.2) is 0 Å². The topological polar surface area (TPSA) is 45.9 Å². The number of ether oxygens (including phenoxy) is 1.